The molecule has 27 heavy (non-hydrogen) atoms. The third kappa shape index (κ3) is 4.21. The van der Waals surface area contributed by atoms with E-state index >= 15 is 0 Å². The predicted octanol–water partition coefficient (Wildman–Crippen LogP) is 2.90. The lowest BCUT2D eigenvalue weighted by Gasteiger charge is -2.12. The first-order chi connectivity index (χ1) is 13.0. The molecule has 0 fully saturated rings. The van der Waals surface area contributed by atoms with Gasteiger partial charge in [0.1, 0.15) is 18.1 Å². The molecule has 0 saturated heterocycles. The number of anilines is 1. The first-order valence-electron chi connectivity index (χ1n) is 7.89. The third-order valence-corrected chi connectivity index (χ3v) is 3.98. The Morgan fingerprint density at radius 2 is 1.74 bits per heavy atom. The van der Waals surface area contributed by atoms with E-state index in [1.807, 2.05) is 0 Å². The van der Waals surface area contributed by atoms with E-state index in [9.17, 15) is 14.4 Å². The fourth-order valence-electron chi connectivity index (χ4n) is 2.47. The summed E-state index contributed by atoms with van der Waals surface area (Å²) in [7, 11) is 0. The van der Waals surface area contributed by atoms with Crippen LogP contribution in [0, 0.1) is 0 Å². The standard InChI is InChI=1S/C19H14ClN3O4/c20-14-8-6-13(7-9-14)18(26)22-15-10-21-17(12-4-2-1-3-5-12)23(19(15)27)11-16(24)25/h1-10H,11H2,(H,22,26)(H,24,25). The fraction of sp³-hybridized carbons (Fsp3) is 0.0526. The van der Waals surface area contributed by atoms with Gasteiger partial charge in [-0.15, -0.1) is 0 Å². The molecule has 3 rings (SSSR count). The van der Waals surface area contributed by atoms with Crippen LogP contribution in [0.3, 0.4) is 0 Å². The maximum atomic E-state index is 12.7. The number of carboxylic acid groups (broad SMARTS) is 1. The number of carbonyl (C=O) groups excluding carboxylic acids is 1. The summed E-state index contributed by atoms with van der Waals surface area (Å²) in [6, 6.07) is 14.9. The van der Waals surface area contributed by atoms with E-state index in [0.717, 1.165) is 4.57 Å². The van der Waals surface area contributed by atoms with Gasteiger partial charge in [0.15, 0.2) is 0 Å². The van der Waals surface area contributed by atoms with Gasteiger partial charge in [0.2, 0.25) is 0 Å². The van der Waals surface area contributed by atoms with Gasteiger partial charge in [-0.05, 0) is 24.3 Å². The molecule has 0 bridgehead atoms. The van der Waals surface area contributed by atoms with Crippen LogP contribution < -0.4 is 10.9 Å². The van der Waals surface area contributed by atoms with E-state index in [1.165, 1.54) is 18.3 Å². The SMILES string of the molecule is O=C(O)Cn1c(-c2ccccc2)ncc(NC(=O)c2ccc(Cl)cc2)c1=O. The Kier molecular flexibility index (Phi) is 5.33. The van der Waals surface area contributed by atoms with Gasteiger partial charge in [-0.3, -0.25) is 19.0 Å². The molecule has 136 valence electrons. The van der Waals surface area contributed by atoms with Crippen LogP contribution in [0.2, 0.25) is 5.02 Å². The van der Waals surface area contributed by atoms with E-state index in [2.05, 4.69) is 10.3 Å². The minimum absolute atomic E-state index is 0.115. The van der Waals surface area contributed by atoms with Crippen molar-refractivity contribution in [1.29, 1.82) is 0 Å². The van der Waals surface area contributed by atoms with Crippen LogP contribution in [-0.2, 0) is 11.3 Å². The molecule has 0 aliphatic rings. The van der Waals surface area contributed by atoms with E-state index in [0.29, 0.717) is 16.1 Å². The van der Waals surface area contributed by atoms with Gasteiger partial charge in [0, 0.05) is 16.1 Å². The van der Waals surface area contributed by atoms with E-state index in [1.54, 1.807) is 42.5 Å². The molecule has 0 unspecified atom stereocenters. The second-order valence-electron chi connectivity index (χ2n) is 5.61. The number of nitrogens with zero attached hydrogens (tertiary/aromatic N) is 2. The molecule has 1 amide bonds. The van der Waals surface area contributed by atoms with Crippen LogP contribution in [0.4, 0.5) is 5.69 Å². The lowest BCUT2D eigenvalue weighted by Crippen LogP contribution is -2.30. The van der Waals surface area contributed by atoms with Crippen molar-refractivity contribution < 1.29 is 14.7 Å². The molecule has 8 heteroatoms. The zero-order valence-electron chi connectivity index (χ0n) is 13.9. The molecule has 1 heterocycles. The number of carbonyl (C=O) groups is 2. The molecule has 0 radical (unpaired) electrons. The Morgan fingerprint density at radius 3 is 2.37 bits per heavy atom. The number of carboxylic acids is 1. The van der Waals surface area contributed by atoms with Gasteiger partial charge < -0.3 is 10.4 Å². The summed E-state index contributed by atoms with van der Waals surface area (Å²) in [5, 5.41) is 12.1. The summed E-state index contributed by atoms with van der Waals surface area (Å²) in [5.41, 5.74) is 0.117. The molecular formula is C19H14ClN3O4. The molecule has 2 aromatic carbocycles. The first kappa shape index (κ1) is 18.3. The van der Waals surface area contributed by atoms with Crippen molar-refractivity contribution >= 4 is 29.2 Å². The highest BCUT2D eigenvalue weighted by molar-refractivity contribution is 6.30. The maximum absolute atomic E-state index is 12.7. The number of halogens is 1. The second kappa shape index (κ2) is 7.84. The largest absolute Gasteiger partial charge is 0.480 e. The van der Waals surface area contributed by atoms with Crippen LogP contribution >= 0.6 is 11.6 Å². The predicted molar refractivity (Wildman–Crippen MR) is 101 cm³/mol. The second-order valence-corrected chi connectivity index (χ2v) is 6.04. The number of aliphatic carboxylic acids is 1. The highest BCUT2D eigenvalue weighted by Crippen LogP contribution is 2.17. The molecule has 1 aromatic heterocycles. The summed E-state index contributed by atoms with van der Waals surface area (Å²) in [6.45, 7) is -0.583. The molecular weight excluding hydrogens is 370 g/mol. The summed E-state index contributed by atoms with van der Waals surface area (Å²) in [4.78, 5) is 40.5. The average molecular weight is 384 g/mol. The van der Waals surface area contributed by atoms with Crippen molar-refractivity contribution in [3.05, 3.63) is 81.7 Å². The normalized spacial score (nSPS) is 10.4. The van der Waals surface area contributed by atoms with Crippen LogP contribution in [-0.4, -0.2) is 26.5 Å². The quantitative estimate of drug-likeness (QED) is 0.705. The van der Waals surface area contributed by atoms with Crippen LogP contribution in [0.25, 0.3) is 11.4 Å². The Morgan fingerprint density at radius 1 is 1.07 bits per heavy atom. The Labute approximate surface area is 158 Å². The van der Waals surface area contributed by atoms with Gasteiger partial charge in [0.25, 0.3) is 11.5 Å². The van der Waals surface area contributed by atoms with Gasteiger partial charge in [-0.2, -0.15) is 0 Å². The van der Waals surface area contributed by atoms with E-state index in [-0.39, 0.29) is 11.5 Å². The summed E-state index contributed by atoms with van der Waals surface area (Å²) in [5.74, 6) is -1.52. The Hall–Kier alpha value is -3.45. The number of rotatable bonds is 5. The van der Waals surface area contributed by atoms with Crippen molar-refractivity contribution in [1.82, 2.24) is 9.55 Å². The third-order valence-electron chi connectivity index (χ3n) is 3.73. The Balaban J connectivity index is 1.99. The molecule has 2 N–H and O–H groups in total. The van der Waals surface area contributed by atoms with E-state index < -0.39 is 24.0 Å². The minimum Gasteiger partial charge on any atom is -0.480 e. The summed E-state index contributed by atoms with van der Waals surface area (Å²) >= 11 is 5.80. The van der Waals surface area contributed by atoms with Gasteiger partial charge >= 0.3 is 5.97 Å². The van der Waals surface area contributed by atoms with Crippen molar-refractivity contribution in [2.75, 3.05) is 5.32 Å². The molecule has 0 aliphatic carbocycles. The number of hydrogen-bond acceptors (Lipinski definition) is 4. The number of hydrogen-bond donors (Lipinski definition) is 2. The first-order valence-corrected chi connectivity index (χ1v) is 8.27. The van der Waals surface area contributed by atoms with Crippen LogP contribution in [0.5, 0.6) is 0 Å². The van der Waals surface area contributed by atoms with Crippen molar-refractivity contribution in [3.8, 4) is 11.4 Å². The highest BCUT2D eigenvalue weighted by Gasteiger charge is 2.16. The molecule has 0 saturated carbocycles. The minimum atomic E-state index is -1.20. The van der Waals surface area contributed by atoms with Crippen LogP contribution in [0.1, 0.15) is 10.4 Å². The molecule has 0 atom stereocenters. The van der Waals surface area contributed by atoms with Crippen LogP contribution in [0.15, 0.2) is 65.6 Å². The average Bonchev–Trinajstić information content (AvgIpc) is 2.66. The lowest BCUT2D eigenvalue weighted by atomic mass is 10.2. The number of nitrogens with one attached hydrogen (secondary N) is 1. The van der Waals surface area contributed by atoms with Crippen molar-refractivity contribution in [2.45, 2.75) is 6.54 Å². The molecule has 0 spiro atoms. The lowest BCUT2D eigenvalue weighted by molar-refractivity contribution is -0.137. The smallest absolute Gasteiger partial charge is 0.323 e. The van der Waals surface area contributed by atoms with Crippen molar-refractivity contribution in [2.24, 2.45) is 0 Å². The van der Waals surface area contributed by atoms with Gasteiger partial charge in [-0.25, -0.2) is 4.98 Å². The number of amides is 1. The van der Waals surface area contributed by atoms with E-state index in [4.69, 9.17) is 16.7 Å². The topological polar surface area (TPSA) is 101 Å². The summed E-state index contributed by atoms with van der Waals surface area (Å²) in [6.07, 6.45) is 1.22. The molecule has 7 nitrogen and oxygen atoms in total. The number of aromatic nitrogens is 2. The van der Waals surface area contributed by atoms with Crippen molar-refractivity contribution in [3.63, 3.8) is 0 Å². The number of benzene rings is 2. The zero-order valence-corrected chi connectivity index (χ0v) is 14.7. The molecule has 0 aliphatic heterocycles. The molecule has 3 aromatic rings. The van der Waals surface area contributed by atoms with Gasteiger partial charge in [0.05, 0.1) is 6.20 Å². The zero-order chi connectivity index (χ0) is 19.4. The fourth-order valence-corrected chi connectivity index (χ4v) is 2.60. The van der Waals surface area contributed by atoms with Gasteiger partial charge in [-0.1, -0.05) is 41.9 Å². The highest BCUT2D eigenvalue weighted by atomic mass is 35.5. The Bertz CT molecular complexity index is 1050. The summed E-state index contributed by atoms with van der Waals surface area (Å²) < 4.78 is 1.01. The maximum Gasteiger partial charge on any atom is 0.323 e. The monoisotopic (exact) mass is 383 g/mol.